The molecule has 2 aromatic heterocycles. The summed E-state index contributed by atoms with van der Waals surface area (Å²) in [5, 5.41) is 0.350. The first kappa shape index (κ1) is 13.3. The molecular weight excluding hydrogens is 246 g/mol. The fourth-order valence-electron chi connectivity index (χ4n) is 2.07. The number of methoxy groups -OCH3 is 1. The molecule has 0 aliphatic carbocycles. The van der Waals surface area contributed by atoms with Gasteiger partial charge in [0.1, 0.15) is 11.1 Å². The van der Waals surface area contributed by atoms with Gasteiger partial charge in [-0.1, -0.05) is 13.3 Å². The number of hydrogen-bond acceptors (Lipinski definition) is 4. The largest absolute Gasteiger partial charge is 0.496 e. The van der Waals surface area contributed by atoms with Crippen LogP contribution in [0.25, 0.3) is 11.0 Å². The van der Waals surface area contributed by atoms with E-state index < -0.39 is 0 Å². The zero-order valence-corrected chi connectivity index (χ0v) is 11.3. The van der Waals surface area contributed by atoms with Crippen LogP contribution in [0.3, 0.4) is 0 Å². The van der Waals surface area contributed by atoms with Crippen molar-refractivity contribution in [1.29, 1.82) is 0 Å². The van der Waals surface area contributed by atoms with Crippen LogP contribution in [0.15, 0.2) is 21.9 Å². The number of aromatic nitrogens is 3. The molecule has 0 saturated heterocycles. The molecule has 0 fully saturated rings. The lowest BCUT2D eigenvalue weighted by Gasteiger charge is -2.11. The lowest BCUT2D eigenvalue weighted by Crippen LogP contribution is -2.39. The van der Waals surface area contributed by atoms with Gasteiger partial charge >= 0.3 is 5.69 Å². The van der Waals surface area contributed by atoms with Crippen LogP contribution in [0.5, 0.6) is 5.75 Å². The fraction of sp³-hybridized carbons (Fsp3) is 0.462. The SMILES string of the molecule is CCCCn1c(=O)c2c(OC)ccnc2n(C)c1=O. The van der Waals surface area contributed by atoms with Crippen molar-refractivity contribution in [2.75, 3.05) is 7.11 Å². The summed E-state index contributed by atoms with van der Waals surface area (Å²) in [5.41, 5.74) is -0.328. The minimum absolute atomic E-state index is 0.337. The maximum absolute atomic E-state index is 12.4. The molecule has 0 N–H and O–H groups in total. The summed E-state index contributed by atoms with van der Waals surface area (Å²) in [5.74, 6) is 0.441. The third-order valence-electron chi connectivity index (χ3n) is 3.14. The maximum Gasteiger partial charge on any atom is 0.332 e. The van der Waals surface area contributed by atoms with Gasteiger partial charge in [0.05, 0.1) is 7.11 Å². The van der Waals surface area contributed by atoms with Crippen molar-refractivity contribution < 1.29 is 4.74 Å². The van der Waals surface area contributed by atoms with Gasteiger partial charge in [-0.2, -0.15) is 0 Å². The number of pyridine rings is 1. The molecule has 102 valence electrons. The molecule has 0 unspecified atom stereocenters. The summed E-state index contributed by atoms with van der Waals surface area (Å²) >= 11 is 0. The molecule has 6 nitrogen and oxygen atoms in total. The number of rotatable bonds is 4. The van der Waals surface area contributed by atoms with Gasteiger partial charge in [0, 0.05) is 19.8 Å². The second-order valence-electron chi connectivity index (χ2n) is 4.36. The van der Waals surface area contributed by atoms with E-state index >= 15 is 0 Å². The molecule has 0 atom stereocenters. The number of hydrogen-bond donors (Lipinski definition) is 0. The fourth-order valence-corrected chi connectivity index (χ4v) is 2.07. The Kier molecular flexibility index (Phi) is 3.69. The van der Waals surface area contributed by atoms with Gasteiger partial charge in [-0.3, -0.25) is 13.9 Å². The van der Waals surface area contributed by atoms with Gasteiger partial charge < -0.3 is 4.74 Å². The second kappa shape index (κ2) is 5.26. The topological polar surface area (TPSA) is 66.1 Å². The van der Waals surface area contributed by atoms with Gasteiger partial charge in [0.15, 0.2) is 5.65 Å². The van der Waals surface area contributed by atoms with E-state index in [4.69, 9.17) is 4.74 Å². The van der Waals surface area contributed by atoms with E-state index in [2.05, 4.69) is 4.98 Å². The molecule has 0 saturated carbocycles. The third kappa shape index (κ3) is 2.14. The summed E-state index contributed by atoms with van der Waals surface area (Å²) < 4.78 is 7.82. The summed E-state index contributed by atoms with van der Waals surface area (Å²) in [4.78, 5) is 28.7. The zero-order chi connectivity index (χ0) is 14.0. The lowest BCUT2D eigenvalue weighted by atomic mass is 10.3. The highest BCUT2D eigenvalue weighted by molar-refractivity contribution is 5.80. The van der Waals surface area contributed by atoms with E-state index in [1.54, 1.807) is 13.1 Å². The highest BCUT2D eigenvalue weighted by Gasteiger charge is 2.15. The van der Waals surface area contributed by atoms with Crippen molar-refractivity contribution >= 4 is 11.0 Å². The minimum atomic E-state index is -0.341. The van der Waals surface area contributed by atoms with E-state index in [0.717, 1.165) is 12.8 Å². The number of nitrogens with zero attached hydrogens (tertiary/aromatic N) is 3. The molecular formula is C13H17N3O3. The van der Waals surface area contributed by atoms with Crippen LogP contribution in [0.4, 0.5) is 0 Å². The maximum atomic E-state index is 12.4. The van der Waals surface area contributed by atoms with Crippen molar-refractivity contribution in [3.63, 3.8) is 0 Å². The Morgan fingerprint density at radius 2 is 2.11 bits per heavy atom. The molecule has 0 radical (unpaired) electrons. The normalized spacial score (nSPS) is 10.9. The zero-order valence-electron chi connectivity index (χ0n) is 11.3. The average molecular weight is 263 g/mol. The number of ether oxygens (including phenoxy) is 1. The van der Waals surface area contributed by atoms with Crippen molar-refractivity contribution in [3.8, 4) is 5.75 Å². The van der Waals surface area contributed by atoms with E-state index in [9.17, 15) is 9.59 Å². The van der Waals surface area contributed by atoms with Crippen LogP contribution < -0.4 is 16.0 Å². The summed E-state index contributed by atoms with van der Waals surface area (Å²) in [6, 6.07) is 1.62. The van der Waals surface area contributed by atoms with Gasteiger partial charge in [0.2, 0.25) is 0 Å². The minimum Gasteiger partial charge on any atom is -0.496 e. The molecule has 2 aromatic rings. The summed E-state index contributed by atoms with van der Waals surface area (Å²) in [7, 11) is 3.11. The molecule has 19 heavy (non-hydrogen) atoms. The second-order valence-corrected chi connectivity index (χ2v) is 4.36. The summed E-state index contributed by atoms with van der Waals surface area (Å²) in [6.45, 7) is 2.43. The van der Waals surface area contributed by atoms with Gasteiger partial charge in [0.25, 0.3) is 5.56 Å². The Morgan fingerprint density at radius 3 is 2.74 bits per heavy atom. The number of unbranched alkanes of at least 4 members (excludes halogenated alkanes) is 1. The van der Waals surface area contributed by atoms with Crippen LogP contribution in [-0.4, -0.2) is 21.2 Å². The first-order chi connectivity index (χ1) is 9.11. The smallest absolute Gasteiger partial charge is 0.332 e. The van der Waals surface area contributed by atoms with Crippen molar-refractivity contribution in [3.05, 3.63) is 33.1 Å². The molecule has 0 amide bonds. The highest BCUT2D eigenvalue weighted by atomic mass is 16.5. The number of aryl methyl sites for hydroxylation is 1. The molecule has 2 rings (SSSR count). The van der Waals surface area contributed by atoms with Crippen LogP contribution in [0.1, 0.15) is 19.8 Å². The quantitative estimate of drug-likeness (QED) is 0.822. The number of fused-ring (bicyclic) bond motifs is 1. The van der Waals surface area contributed by atoms with Crippen LogP contribution >= 0.6 is 0 Å². The Hall–Kier alpha value is -2.11. The Bertz CT molecular complexity index is 715. The van der Waals surface area contributed by atoms with Crippen molar-refractivity contribution in [2.24, 2.45) is 7.05 Å². The molecule has 2 heterocycles. The van der Waals surface area contributed by atoms with Crippen LogP contribution in [0.2, 0.25) is 0 Å². The average Bonchev–Trinajstić information content (AvgIpc) is 2.44. The predicted molar refractivity (Wildman–Crippen MR) is 72.7 cm³/mol. The van der Waals surface area contributed by atoms with E-state index in [-0.39, 0.29) is 11.2 Å². The highest BCUT2D eigenvalue weighted by Crippen LogP contribution is 2.18. The van der Waals surface area contributed by atoms with Crippen molar-refractivity contribution in [2.45, 2.75) is 26.3 Å². The summed E-state index contributed by atoms with van der Waals surface area (Å²) in [6.07, 6.45) is 3.22. The van der Waals surface area contributed by atoms with Gasteiger partial charge in [-0.15, -0.1) is 0 Å². The first-order valence-corrected chi connectivity index (χ1v) is 6.24. The van der Waals surface area contributed by atoms with Gasteiger partial charge in [-0.25, -0.2) is 9.78 Å². The molecule has 0 aromatic carbocycles. The van der Waals surface area contributed by atoms with Crippen LogP contribution in [-0.2, 0) is 13.6 Å². The monoisotopic (exact) mass is 263 g/mol. The standard InChI is InChI=1S/C13H17N3O3/c1-4-5-8-16-12(17)10-9(19-3)6-7-14-11(10)15(2)13(16)18/h6-7H,4-5,8H2,1-3H3. The van der Waals surface area contributed by atoms with Gasteiger partial charge in [-0.05, 0) is 12.5 Å². The molecule has 6 heteroatoms. The lowest BCUT2D eigenvalue weighted by molar-refractivity contribution is 0.418. The Labute approximate surface area is 110 Å². The van der Waals surface area contributed by atoms with E-state index in [0.29, 0.717) is 23.3 Å². The third-order valence-corrected chi connectivity index (χ3v) is 3.14. The molecule has 0 spiro atoms. The first-order valence-electron chi connectivity index (χ1n) is 6.24. The Morgan fingerprint density at radius 1 is 1.37 bits per heavy atom. The molecule has 0 bridgehead atoms. The predicted octanol–water partition coefficient (Wildman–Crippen LogP) is 0.904. The van der Waals surface area contributed by atoms with E-state index in [1.807, 2.05) is 6.92 Å². The van der Waals surface area contributed by atoms with Crippen molar-refractivity contribution in [1.82, 2.24) is 14.1 Å². The Balaban J connectivity index is 2.86. The molecule has 0 aliphatic rings. The van der Waals surface area contributed by atoms with E-state index in [1.165, 1.54) is 22.4 Å². The van der Waals surface area contributed by atoms with Crippen LogP contribution in [0, 0.1) is 0 Å². The molecule has 0 aliphatic heterocycles.